The molecule has 104 valence electrons. The quantitative estimate of drug-likeness (QED) is 0.885. The molecule has 0 spiro atoms. The van der Waals surface area contributed by atoms with E-state index >= 15 is 0 Å². The van der Waals surface area contributed by atoms with E-state index in [9.17, 15) is 4.79 Å². The number of benzene rings is 1. The summed E-state index contributed by atoms with van der Waals surface area (Å²) >= 11 is 0. The van der Waals surface area contributed by atoms with Gasteiger partial charge in [-0.1, -0.05) is 0 Å². The molecule has 1 atom stereocenters. The topological polar surface area (TPSA) is 64.8 Å². The van der Waals surface area contributed by atoms with Crippen LogP contribution in [0.3, 0.4) is 0 Å². The first-order valence-corrected chi connectivity index (χ1v) is 6.41. The van der Waals surface area contributed by atoms with E-state index in [2.05, 4.69) is 0 Å². The Kier molecular flexibility index (Phi) is 4.27. The summed E-state index contributed by atoms with van der Waals surface area (Å²) in [4.78, 5) is 14.2. The number of hydrogen-bond donors (Lipinski definition) is 1. The van der Waals surface area contributed by atoms with Gasteiger partial charge in [0, 0.05) is 18.7 Å². The predicted octanol–water partition coefficient (Wildman–Crippen LogP) is 1.12. The number of carbonyl (C=O) groups is 1. The minimum atomic E-state index is 0.0249. The molecule has 2 N–H and O–H groups in total. The number of nitrogens with zero attached hydrogens (tertiary/aromatic N) is 1. The molecule has 0 aromatic heterocycles. The van der Waals surface area contributed by atoms with Crippen LogP contribution < -0.4 is 15.2 Å². The molecule has 5 heteroatoms. The standard InChI is InChI=1S/C14H20N2O3/c1-18-12-4-3-11(7-13(12)19-2)14(17)16-6-5-10(8-15)9-16/h3-4,7,10H,5-6,8-9,15H2,1-2H3. The van der Waals surface area contributed by atoms with Gasteiger partial charge >= 0.3 is 0 Å². The summed E-state index contributed by atoms with van der Waals surface area (Å²) in [5.74, 6) is 1.64. The first-order valence-electron chi connectivity index (χ1n) is 6.41. The number of amides is 1. The van der Waals surface area contributed by atoms with E-state index in [1.807, 2.05) is 4.90 Å². The molecule has 1 saturated heterocycles. The van der Waals surface area contributed by atoms with E-state index in [0.717, 1.165) is 19.5 Å². The maximum absolute atomic E-state index is 12.4. The first kappa shape index (κ1) is 13.7. The second-order valence-corrected chi connectivity index (χ2v) is 4.71. The Hall–Kier alpha value is -1.75. The number of likely N-dealkylation sites (tertiary alicyclic amines) is 1. The van der Waals surface area contributed by atoms with Crippen LogP contribution in [-0.2, 0) is 0 Å². The van der Waals surface area contributed by atoms with Crippen LogP contribution in [-0.4, -0.2) is 44.7 Å². The summed E-state index contributed by atoms with van der Waals surface area (Å²) in [7, 11) is 3.14. The molecule has 0 aliphatic carbocycles. The molecule has 1 heterocycles. The summed E-state index contributed by atoms with van der Waals surface area (Å²) in [6, 6.07) is 5.24. The van der Waals surface area contributed by atoms with Crippen molar-refractivity contribution in [1.29, 1.82) is 0 Å². The zero-order valence-electron chi connectivity index (χ0n) is 11.4. The number of hydrogen-bond acceptors (Lipinski definition) is 4. The van der Waals surface area contributed by atoms with E-state index in [1.165, 1.54) is 0 Å². The Balaban J connectivity index is 2.15. The van der Waals surface area contributed by atoms with Crippen molar-refractivity contribution in [3.63, 3.8) is 0 Å². The fraction of sp³-hybridized carbons (Fsp3) is 0.500. The number of nitrogens with two attached hydrogens (primary N) is 1. The maximum Gasteiger partial charge on any atom is 0.254 e. The van der Waals surface area contributed by atoms with Crippen molar-refractivity contribution in [2.75, 3.05) is 33.9 Å². The highest BCUT2D eigenvalue weighted by atomic mass is 16.5. The normalized spacial score (nSPS) is 18.5. The highest BCUT2D eigenvalue weighted by molar-refractivity contribution is 5.95. The number of ether oxygens (including phenoxy) is 2. The minimum absolute atomic E-state index is 0.0249. The zero-order chi connectivity index (χ0) is 13.8. The Morgan fingerprint density at radius 1 is 1.37 bits per heavy atom. The van der Waals surface area contributed by atoms with Gasteiger partial charge < -0.3 is 20.1 Å². The average molecular weight is 264 g/mol. The molecule has 2 rings (SSSR count). The van der Waals surface area contributed by atoms with Crippen molar-refractivity contribution in [1.82, 2.24) is 4.90 Å². The van der Waals surface area contributed by atoms with E-state index in [0.29, 0.717) is 29.5 Å². The van der Waals surface area contributed by atoms with Gasteiger partial charge in [-0.3, -0.25) is 4.79 Å². The zero-order valence-corrected chi connectivity index (χ0v) is 11.4. The third kappa shape index (κ3) is 2.81. The maximum atomic E-state index is 12.4. The largest absolute Gasteiger partial charge is 0.493 e. The highest BCUT2D eigenvalue weighted by Gasteiger charge is 2.26. The summed E-state index contributed by atoms with van der Waals surface area (Å²) < 4.78 is 10.4. The first-order chi connectivity index (χ1) is 9.19. The van der Waals surface area contributed by atoms with Crippen LogP contribution in [0.5, 0.6) is 11.5 Å². The highest BCUT2D eigenvalue weighted by Crippen LogP contribution is 2.28. The molecule has 19 heavy (non-hydrogen) atoms. The third-order valence-electron chi connectivity index (χ3n) is 3.54. The van der Waals surface area contributed by atoms with Gasteiger partial charge in [-0.05, 0) is 37.1 Å². The van der Waals surface area contributed by atoms with Gasteiger partial charge in [0.1, 0.15) is 0 Å². The molecule has 1 fully saturated rings. The summed E-state index contributed by atoms with van der Waals surface area (Å²) in [6.45, 7) is 2.15. The van der Waals surface area contributed by atoms with E-state index < -0.39 is 0 Å². The van der Waals surface area contributed by atoms with E-state index in [1.54, 1.807) is 32.4 Å². The molecule has 1 unspecified atom stereocenters. The van der Waals surface area contributed by atoms with Gasteiger partial charge in [0.2, 0.25) is 0 Å². The van der Waals surface area contributed by atoms with Crippen molar-refractivity contribution in [2.24, 2.45) is 11.7 Å². The molecule has 5 nitrogen and oxygen atoms in total. The second kappa shape index (κ2) is 5.93. The summed E-state index contributed by atoms with van der Waals surface area (Å²) in [5, 5.41) is 0. The lowest BCUT2D eigenvalue weighted by molar-refractivity contribution is 0.0787. The van der Waals surface area contributed by atoms with Crippen molar-refractivity contribution < 1.29 is 14.3 Å². The van der Waals surface area contributed by atoms with Gasteiger partial charge in [-0.2, -0.15) is 0 Å². The summed E-state index contributed by atoms with van der Waals surface area (Å²) in [5.41, 5.74) is 6.26. The Morgan fingerprint density at radius 2 is 2.11 bits per heavy atom. The third-order valence-corrected chi connectivity index (χ3v) is 3.54. The molecule has 1 amide bonds. The predicted molar refractivity (Wildman–Crippen MR) is 72.6 cm³/mol. The van der Waals surface area contributed by atoms with Gasteiger partial charge in [0.15, 0.2) is 11.5 Å². The number of carbonyl (C=O) groups excluding carboxylic acids is 1. The Bertz CT molecular complexity index is 462. The SMILES string of the molecule is COc1ccc(C(=O)N2CCC(CN)C2)cc1OC. The molecule has 0 saturated carbocycles. The van der Waals surface area contributed by atoms with Crippen molar-refractivity contribution in [3.05, 3.63) is 23.8 Å². The van der Waals surface area contributed by atoms with Crippen molar-refractivity contribution >= 4 is 5.91 Å². The van der Waals surface area contributed by atoms with Crippen LogP contribution in [0.25, 0.3) is 0 Å². The molecule has 1 aliphatic heterocycles. The Labute approximate surface area is 113 Å². The lowest BCUT2D eigenvalue weighted by atomic mass is 10.1. The monoisotopic (exact) mass is 264 g/mol. The number of methoxy groups -OCH3 is 2. The van der Waals surface area contributed by atoms with Crippen molar-refractivity contribution in [2.45, 2.75) is 6.42 Å². The van der Waals surface area contributed by atoms with Crippen LogP contribution in [0.4, 0.5) is 0 Å². The van der Waals surface area contributed by atoms with E-state index in [-0.39, 0.29) is 5.91 Å². The second-order valence-electron chi connectivity index (χ2n) is 4.71. The molecule has 0 bridgehead atoms. The van der Waals surface area contributed by atoms with Gasteiger partial charge in [-0.15, -0.1) is 0 Å². The average Bonchev–Trinajstić information content (AvgIpc) is 2.94. The van der Waals surface area contributed by atoms with Crippen LogP contribution in [0.1, 0.15) is 16.8 Å². The smallest absolute Gasteiger partial charge is 0.254 e. The lowest BCUT2D eigenvalue weighted by Crippen LogP contribution is -2.29. The number of rotatable bonds is 4. The van der Waals surface area contributed by atoms with Crippen LogP contribution in [0.15, 0.2) is 18.2 Å². The lowest BCUT2D eigenvalue weighted by Gasteiger charge is -2.17. The Morgan fingerprint density at radius 3 is 2.68 bits per heavy atom. The van der Waals surface area contributed by atoms with Crippen LogP contribution in [0.2, 0.25) is 0 Å². The molecular weight excluding hydrogens is 244 g/mol. The molecule has 1 aromatic carbocycles. The molecule has 1 aliphatic rings. The minimum Gasteiger partial charge on any atom is -0.493 e. The fourth-order valence-electron chi connectivity index (χ4n) is 2.36. The van der Waals surface area contributed by atoms with Crippen molar-refractivity contribution in [3.8, 4) is 11.5 Å². The van der Waals surface area contributed by atoms with Gasteiger partial charge in [0.25, 0.3) is 5.91 Å². The summed E-state index contributed by atoms with van der Waals surface area (Å²) in [6.07, 6.45) is 0.982. The molecule has 0 radical (unpaired) electrons. The molecular formula is C14H20N2O3. The fourth-order valence-corrected chi connectivity index (χ4v) is 2.36. The van der Waals surface area contributed by atoms with Gasteiger partial charge in [-0.25, -0.2) is 0 Å². The van der Waals surface area contributed by atoms with E-state index in [4.69, 9.17) is 15.2 Å². The van der Waals surface area contributed by atoms with Gasteiger partial charge in [0.05, 0.1) is 14.2 Å². The van der Waals surface area contributed by atoms with Crippen LogP contribution in [0, 0.1) is 5.92 Å². The van der Waals surface area contributed by atoms with Crippen LogP contribution >= 0.6 is 0 Å². The molecule has 1 aromatic rings.